The smallest absolute Gasteiger partial charge is 0.123 e. The van der Waals surface area contributed by atoms with Gasteiger partial charge in [0.15, 0.2) is 0 Å². The Morgan fingerprint density at radius 1 is 1.05 bits per heavy atom. The zero-order chi connectivity index (χ0) is 15.9. The number of ether oxygens (including phenoxy) is 1. The van der Waals surface area contributed by atoms with Crippen LogP contribution in [-0.4, -0.2) is 19.7 Å². The van der Waals surface area contributed by atoms with Crippen LogP contribution in [0.4, 0.5) is 5.69 Å². The molecule has 2 aromatic carbocycles. The van der Waals surface area contributed by atoms with Crippen molar-refractivity contribution in [3.8, 4) is 5.75 Å². The maximum Gasteiger partial charge on any atom is 0.123 e. The second kappa shape index (κ2) is 7.88. The average molecular weight is 297 g/mol. The van der Waals surface area contributed by atoms with Crippen LogP contribution in [-0.2, 0) is 0 Å². The van der Waals surface area contributed by atoms with E-state index in [1.807, 2.05) is 0 Å². The first-order valence-corrected chi connectivity index (χ1v) is 8.15. The molecule has 0 atom stereocenters. The highest BCUT2D eigenvalue weighted by Crippen LogP contribution is 2.27. The van der Waals surface area contributed by atoms with Gasteiger partial charge in [0.25, 0.3) is 0 Å². The third-order valence-electron chi connectivity index (χ3n) is 3.91. The number of rotatable bonds is 7. The van der Waals surface area contributed by atoms with E-state index in [1.54, 1.807) is 0 Å². The number of aryl methyl sites for hydroxylation is 1. The van der Waals surface area contributed by atoms with Gasteiger partial charge in [-0.15, -0.1) is 0 Å². The summed E-state index contributed by atoms with van der Waals surface area (Å²) in [5.41, 5.74) is 3.78. The Morgan fingerprint density at radius 3 is 2.41 bits per heavy atom. The normalized spacial score (nSPS) is 10.8. The van der Waals surface area contributed by atoms with Crippen LogP contribution < -0.4 is 9.64 Å². The first kappa shape index (κ1) is 16.4. The predicted molar refractivity (Wildman–Crippen MR) is 95.1 cm³/mol. The Kier molecular flexibility index (Phi) is 5.88. The summed E-state index contributed by atoms with van der Waals surface area (Å²) in [5, 5.41) is 0. The minimum absolute atomic E-state index is 0.479. The summed E-state index contributed by atoms with van der Waals surface area (Å²) in [5.74, 6) is 1.51. The van der Waals surface area contributed by atoms with Crippen LogP contribution in [0.5, 0.6) is 5.75 Å². The number of nitrogens with zero attached hydrogens (tertiary/aromatic N) is 1. The molecule has 0 aliphatic heterocycles. The lowest BCUT2D eigenvalue weighted by Gasteiger charge is -2.24. The van der Waals surface area contributed by atoms with Crippen molar-refractivity contribution in [2.24, 2.45) is 0 Å². The van der Waals surface area contributed by atoms with Gasteiger partial charge in [0, 0.05) is 12.2 Å². The fourth-order valence-electron chi connectivity index (χ4n) is 2.62. The van der Waals surface area contributed by atoms with Gasteiger partial charge in [0.2, 0.25) is 0 Å². The third kappa shape index (κ3) is 4.27. The molecule has 2 heteroatoms. The summed E-state index contributed by atoms with van der Waals surface area (Å²) < 4.78 is 6.09. The van der Waals surface area contributed by atoms with Crippen LogP contribution in [0.1, 0.15) is 37.8 Å². The van der Waals surface area contributed by atoms with E-state index in [9.17, 15) is 0 Å². The lowest BCUT2D eigenvalue weighted by Crippen LogP contribution is -2.28. The maximum atomic E-state index is 6.09. The molecule has 0 bridgehead atoms. The molecule has 0 aliphatic rings. The highest BCUT2D eigenvalue weighted by atomic mass is 16.5. The van der Waals surface area contributed by atoms with Crippen LogP contribution >= 0.6 is 0 Å². The van der Waals surface area contributed by atoms with E-state index in [0.29, 0.717) is 12.5 Å². The van der Waals surface area contributed by atoms with Gasteiger partial charge in [-0.3, -0.25) is 0 Å². The Morgan fingerprint density at radius 2 is 1.77 bits per heavy atom. The zero-order valence-corrected chi connectivity index (χ0v) is 14.2. The summed E-state index contributed by atoms with van der Waals surface area (Å²) >= 11 is 0. The third-order valence-corrected chi connectivity index (χ3v) is 3.91. The van der Waals surface area contributed by atoms with Gasteiger partial charge in [-0.2, -0.15) is 0 Å². The number of hydrogen-bond acceptors (Lipinski definition) is 2. The first-order chi connectivity index (χ1) is 10.6. The molecule has 2 rings (SSSR count). The molecule has 2 nitrogen and oxygen atoms in total. The molecule has 0 N–H and O–H groups in total. The number of benzene rings is 2. The van der Waals surface area contributed by atoms with Crippen molar-refractivity contribution in [2.75, 3.05) is 24.6 Å². The van der Waals surface area contributed by atoms with E-state index in [-0.39, 0.29) is 0 Å². The second-order valence-corrected chi connectivity index (χ2v) is 5.96. The number of likely N-dealkylation sites (N-methyl/N-ethyl adjacent to an activating group) is 1. The summed E-state index contributed by atoms with van der Waals surface area (Å²) in [6.07, 6.45) is 0. The molecule has 0 unspecified atom stereocenters. The van der Waals surface area contributed by atoms with Crippen LogP contribution in [0, 0.1) is 6.92 Å². The fourth-order valence-corrected chi connectivity index (χ4v) is 2.62. The van der Waals surface area contributed by atoms with E-state index in [1.165, 1.54) is 16.8 Å². The summed E-state index contributed by atoms with van der Waals surface area (Å²) in [6, 6.07) is 17.0. The van der Waals surface area contributed by atoms with E-state index >= 15 is 0 Å². The van der Waals surface area contributed by atoms with Gasteiger partial charge < -0.3 is 9.64 Å². The van der Waals surface area contributed by atoms with Crippen molar-refractivity contribution < 1.29 is 4.74 Å². The minimum Gasteiger partial charge on any atom is -0.491 e. The van der Waals surface area contributed by atoms with Crippen molar-refractivity contribution in [2.45, 2.75) is 33.6 Å². The van der Waals surface area contributed by atoms with Crippen LogP contribution in [0.25, 0.3) is 0 Å². The van der Waals surface area contributed by atoms with Crippen molar-refractivity contribution >= 4 is 5.69 Å². The SMILES string of the molecule is CCN(CCOc1cc(C)ccc1C(C)C)c1ccccc1. The van der Waals surface area contributed by atoms with Crippen molar-refractivity contribution in [1.29, 1.82) is 0 Å². The van der Waals surface area contributed by atoms with Gasteiger partial charge in [0.05, 0.1) is 6.54 Å². The van der Waals surface area contributed by atoms with Crippen molar-refractivity contribution in [1.82, 2.24) is 0 Å². The first-order valence-electron chi connectivity index (χ1n) is 8.15. The molecule has 0 radical (unpaired) electrons. The van der Waals surface area contributed by atoms with Crippen LogP contribution in [0.3, 0.4) is 0 Å². The Hall–Kier alpha value is -1.96. The highest BCUT2D eigenvalue weighted by molar-refractivity contribution is 5.45. The van der Waals surface area contributed by atoms with Gasteiger partial charge in [-0.25, -0.2) is 0 Å². The van der Waals surface area contributed by atoms with E-state index in [2.05, 4.69) is 81.1 Å². The molecule has 0 fully saturated rings. The maximum absolute atomic E-state index is 6.09. The molecule has 0 saturated heterocycles. The number of hydrogen-bond donors (Lipinski definition) is 0. The molecule has 118 valence electrons. The Labute approximate surface area is 134 Å². The monoisotopic (exact) mass is 297 g/mol. The van der Waals surface area contributed by atoms with E-state index < -0.39 is 0 Å². The van der Waals surface area contributed by atoms with E-state index in [0.717, 1.165) is 18.8 Å². The van der Waals surface area contributed by atoms with Gasteiger partial charge in [-0.1, -0.05) is 44.2 Å². The topological polar surface area (TPSA) is 12.5 Å². The zero-order valence-electron chi connectivity index (χ0n) is 14.2. The highest BCUT2D eigenvalue weighted by Gasteiger charge is 2.09. The van der Waals surface area contributed by atoms with E-state index in [4.69, 9.17) is 4.74 Å². The minimum atomic E-state index is 0.479. The summed E-state index contributed by atoms with van der Waals surface area (Å²) in [7, 11) is 0. The number of anilines is 1. The number of para-hydroxylation sites is 1. The molecule has 0 saturated carbocycles. The summed E-state index contributed by atoms with van der Waals surface area (Å²) in [4.78, 5) is 2.34. The molecular formula is C20H27NO. The largest absolute Gasteiger partial charge is 0.491 e. The molecule has 2 aromatic rings. The lowest BCUT2D eigenvalue weighted by atomic mass is 10.0. The molecule has 0 aliphatic carbocycles. The molecule has 0 aromatic heterocycles. The van der Waals surface area contributed by atoms with Crippen molar-refractivity contribution in [3.63, 3.8) is 0 Å². The average Bonchev–Trinajstić information content (AvgIpc) is 2.52. The fraction of sp³-hybridized carbons (Fsp3) is 0.400. The second-order valence-electron chi connectivity index (χ2n) is 5.96. The van der Waals surface area contributed by atoms with Gasteiger partial charge in [-0.05, 0) is 49.1 Å². The summed E-state index contributed by atoms with van der Waals surface area (Å²) in [6.45, 7) is 11.3. The van der Waals surface area contributed by atoms with Gasteiger partial charge >= 0.3 is 0 Å². The lowest BCUT2D eigenvalue weighted by molar-refractivity contribution is 0.319. The van der Waals surface area contributed by atoms with Gasteiger partial charge in [0.1, 0.15) is 12.4 Å². The van der Waals surface area contributed by atoms with Crippen LogP contribution in [0.15, 0.2) is 48.5 Å². The molecule has 0 amide bonds. The van der Waals surface area contributed by atoms with Crippen LogP contribution in [0.2, 0.25) is 0 Å². The molecule has 0 spiro atoms. The molecular weight excluding hydrogens is 270 g/mol. The standard InChI is InChI=1S/C20H27NO/c1-5-21(18-9-7-6-8-10-18)13-14-22-20-15-17(4)11-12-19(20)16(2)3/h6-12,15-16H,5,13-14H2,1-4H3. The Balaban J connectivity index is 2.00. The predicted octanol–water partition coefficient (Wildman–Crippen LogP) is 5.02. The Bertz CT molecular complexity index is 578. The quantitative estimate of drug-likeness (QED) is 0.711. The molecule has 0 heterocycles. The molecule has 22 heavy (non-hydrogen) atoms. The van der Waals surface area contributed by atoms with Crippen molar-refractivity contribution in [3.05, 3.63) is 59.7 Å².